The highest BCUT2D eigenvalue weighted by atomic mass is 35.5. The van der Waals surface area contributed by atoms with Crippen LogP contribution in [-0.2, 0) is 11.3 Å². The van der Waals surface area contributed by atoms with E-state index in [1.165, 1.54) is 12.1 Å². The molecule has 0 amide bonds. The van der Waals surface area contributed by atoms with Crippen LogP contribution in [-0.4, -0.2) is 13.9 Å². The van der Waals surface area contributed by atoms with Crippen LogP contribution in [0.5, 0.6) is 5.75 Å². The molecule has 13 heavy (non-hydrogen) atoms. The van der Waals surface area contributed by atoms with Crippen LogP contribution in [0.3, 0.4) is 0 Å². The van der Waals surface area contributed by atoms with Crippen molar-refractivity contribution in [3.63, 3.8) is 0 Å². The van der Waals surface area contributed by atoms with E-state index >= 15 is 0 Å². The van der Waals surface area contributed by atoms with Gasteiger partial charge in [0.05, 0.1) is 10.0 Å². The molecule has 0 aromatic heterocycles. The first kappa shape index (κ1) is 10.6. The Morgan fingerprint density at radius 2 is 1.85 bits per heavy atom. The van der Waals surface area contributed by atoms with Gasteiger partial charge in [-0.15, -0.1) is 0 Å². The molecule has 0 spiro atoms. The topological polar surface area (TPSA) is 72.4 Å². The van der Waals surface area contributed by atoms with E-state index in [4.69, 9.17) is 28.3 Å². The maximum Gasteiger partial charge on any atom is 0.152 e. The van der Waals surface area contributed by atoms with Gasteiger partial charge in [0, 0.05) is 17.0 Å². The minimum absolute atomic E-state index is 0.0135. The normalized spacial score (nSPS) is 12.5. The quantitative estimate of drug-likeness (QED) is 0.613. The molecule has 1 aromatic carbocycles. The minimum Gasteiger partial charge on any atom is -0.755 e. The molecule has 1 atom stereocenters. The van der Waals surface area contributed by atoms with Crippen LogP contribution in [0.2, 0.25) is 10.0 Å². The Morgan fingerprint density at radius 3 is 2.23 bits per heavy atom. The summed E-state index contributed by atoms with van der Waals surface area (Å²) in [5.41, 5.74) is 0.195. The Labute approximate surface area is 86.9 Å². The highest BCUT2D eigenvalue weighted by Crippen LogP contribution is 2.34. The van der Waals surface area contributed by atoms with Crippen LogP contribution < -0.4 is 4.72 Å². The smallest absolute Gasteiger partial charge is 0.152 e. The van der Waals surface area contributed by atoms with Crippen molar-refractivity contribution < 1.29 is 13.9 Å². The minimum atomic E-state index is -2.44. The van der Waals surface area contributed by atoms with E-state index in [1.54, 1.807) is 0 Å². The van der Waals surface area contributed by atoms with E-state index in [-0.39, 0.29) is 21.5 Å². The third-order valence-corrected chi connectivity index (χ3v) is 2.20. The fourth-order valence-electron chi connectivity index (χ4n) is 0.721. The molecule has 0 aliphatic rings. The molecule has 0 saturated heterocycles. The van der Waals surface area contributed by atoms with E-state index in [0.717, 1.165) is 0 Å². The molecule has 1 aromatic rings. The zero-order valence-corrected chi connectivity index (χ0v) is 8.41. The number of halogens is 2. The van der Waals surface area contributed by atoms with Gasteiger partial charge in [-0.25, -0.2) is 0 Å². The van der Waals surface area contributed by atoms with E-state index in [1.807, 2.05) is 0 Å². The molecule has 72 valence electrons. The number of hydrogen-bond donors (Lipinski definition) is 2. The Hall–Kier alpha value is -0.490. The van der Waals surface area contributed by atoms with E-state index in [9.17, 15) is 8.76 Å². The number of nitrogens with one attached hydrogen (secondary N) is 1. The average Bonchev–Trinajstić information content (AvgIpc) is 1.98. The summed E-state index contributed by atoms with van der Waals surface area (Å²) < 4.78 is 22.5. The van der Waals surface area contributed by atoms with Crippen molar-refractivity contribution in [1.29, 1.82) is 0 Å². The molecule has 0 aliphatic heterocycles. The number of benzene rings is 1. The summed E-state index contributed by atoms with van der Waals surface area (Å²) in [7, 11) is 0. The third kappa shape index (κ3) is 2.73. The number of anilines is 1. The highest BCUT2D eigenvalue weighted by molar-refractivity contribution is 7.80. The number of phenols is 1. The fraction of sp³-hybridized carbons (Fsp3) is 0. The Kier molecular flexibility index (Phi) is 3.38. The molecule has 0 aliphatic carbocycles. The van der Waals surface area contributed by atoms with Crippen molar-refractivity contribution in [3.8, 4) is 5.75 Å². The summed E-state index contributed by atoms with van der Waals surface area (Å²) in [6.45, 7) is 0. The summed E-state index contributed by atoms with van der Waals surface area (Å²) in [6, 6.07) is 2.50. The maximum atomic E-state index is 10.2. The molecule has 0 fully saturated rings. The fourth-order valence-corrected chi connectivity index (χ4v) is 1.52. The summed E-state index contributed by atoms with van der Waals surface area (Å²) in [4.78, 5) is 0. The largest absolute Gasteiger partial charge is 0.755 e. The Bertz CT molecular complexity index is 335. The lowest BCUT2D eigenvalue weighted by Crippen LogP contribution is -2.01. The third-order valence-electron chi connectivity index (χ3n) is 1.22. The summed E-state index contributed by atoms with van der Waals surface area (Å²) >= 11 is 8.62. The van der Waals surface area contributed by atoms with Gasteiger partial charge in [-0.05, 0) is 12.1 Å². The lowest BCUT2D eigenvalue weighted by molar-refractivity contribution is 0.476. The maximum absolute atomic E-state index is 10.2. The van der Waals surface area contributed by atoms with Gasteiger partial charge in [-0.2, -0.15) is 0 Å². The van der Waals surface area contributed by atoms with Gasteiger partial charge in [0.25, 0.3) is 0 Å². The monoisotopic (exact) mass is 240 g/mol. The molecule has 0 saturated carbocycles. The van der Waals surface area contributed by atoms with Crippen molar-refractivity contribution >= 4 is 40.2 Å². The van der Waals surface area contributed by atoms with Gasteiger partial charge >= 0.3 is 0 Å². The van der Waals surface area contributed by atoms with Gasteiger partial charge in [0.1, 0.15) is 0 Å². The van der Waals surface area contributed by atoms with Crippen molar-refractivity contribution in [2.24, 2.45) is 0 Å². The SMILES string of the molecule is O=S([O-])Nc1cc(Cl)c(O)c(Cl)c1. The van der Waals surface area contributed by atoms with E-state index in [2.05, 4.69) is 4.72 Å². The van der Waals surface area contributed by atoms with Gasteiger partial charge in [0.15, 0.2) is 5.75 Å². The van der Waals surface area contributed by atoms with Crippen molar-refractivity contribution in [3.05, 3.63) is 22.2 Å². The molecular formula is C6H4Cl2NO3S-. The molecule has 2 N–H and O–H groups in total. The highest BCUT2D eigenvalue weighted by Gasteiger charge is 2.05. The average molecular weight is 241 g/mol. The first-order valence-corrected chi connectivity index (χ1v) is 4.87. The number of aromatic hydroxyl groups is 1. The lowest BCUT2D eigenvalue weighted by atomic mass is 10.3. The first-order chi connectivity index (χ1) is 6.00. The number of hydrogen-bond acceptors (Lipinski definition) is 3. The zero-order valence-electron chi connectivity index (χ0n) is 6.08. The molecule has 1 rings (SSSR count). The second-order valence-corrected chi connectivity index (χ2v) is 3.61. The second kappa shape index (κ2) is 4.15. The van der Waals surface area contributed by atoms with Crippen LogP contribution in [0.25, 0.3) is 0 Å². The van der Waals surface area contributed by atoms with Gasteiger partial charge < -0.3 is 14.4 Å². The first-order valence-electron chi connectivity index (χ1n) is 3.04. The van der Waals surface area contributed by atoms with Crippen molar-refractivity contribution in [1.82, 2.24) is 0 Å². The van der Waals surface area contributed by atoms with Crippen LogP contribution in [0.1, 0.15) is 0 Å². The Morgan fingerprint density at radius 1 is 1.38 bits per heavy atom. The van der Waals surface area contributed by atoms with E-state index < -0.39 is 11.3 Å². The summed E-state index contributed by atoms with van der Waals surface area (Å²) in [6.07, 6.45) is 0. The summed E-state index contributed by atoms with van der Waals surface area (Å²) in [5.74, 6) is -0.273. The van der Waals surface area contributed by atoms with Gasteiger partial charge in [-0.3, -0.25) is 4.21 Å². The van der Waals surface area contributed by atoms with Crippen molar-refractivity contribution in [2.45, 2.75) is 0 Å². The van der Waals surface area contributed by atoms with Crippen LogP contribution in [0, 0.1) is 0 Å². The van der Waals surface area contributed by atoms with Crippen LogP contribution in [0.4, 0.5) is 5.69 Å². The predicted octanol–water partition coefficient (Wildman–Crippen LogP) is 1.90. The Balaban J connectivity index is 3.06. The van der Waals surface area contributed by atoms with Crippen LogP contribution in [0.15, 0.2) is 12.1 Å². The lowest BCUT2D eigenvalue weighted by Gasteiger charge is -2.09. The zero-order chi connectivity index (χ0) is 10.0. The molecule has 7 heteroatoms. The van der Waals surface area contributed by atoms with Crippen molar-refractivity contribution in [2.75, 3.05) is 4.72 Å². The molecule has 1 unspecified atom stereocenters. The second-order valence-electron chi connectivity index (χ2n) is 2.13. The number of rotatable bonds is 2. The standard InChI is InChI=1S/C6H5Cl2NO3S/c7-4-1-3(9-13(11)12)2-5(8)6(4)10/h1-2,9-10H,(H,11,12)/p-1. The molecule has 0 heterocycles. The molecular weight excluding hydrogens is 237 g/mol. The van der Waals surface area contributed by atoms with Gasteiger partial charge in [0.2, 0.25) is 0 Å². The predicted molar refractivity (Wildman–Crippen MR) is 50.7 cm³/mol. The van der Waals surface area contributed by atoms with Gasteiger partial charge in [-0.1, -0.05) is 23.2 Å². The molecule has 0 radical (unpaired) electrons. The molecule has 4 nitrogen and oxygen atoms in total. The summed E-state index contributed by atoms with van der Waals surface area (Å²) in [5, 5.41) is 9.09. The number of phenolic OH excluding ortho intramolecular Hbond substituents is 1. The molecule has 0 bridgehead atoms. The van der Waals surface area contributed by atoms with E-state index in [0.29, 0.717) is 0 Å². The van der Waals surface area contributed by atoms with Crippen LogP contribution >= 0.6 is 23.2 Å².